The Morgan fingerprint density at radius 1 is 0.812 bits per heavy atom. The van der Waals surface area contributed by atoms with Gasteiger partial charge < -0.3 is 0 Å². The minimum Gasteiger partial charge on any atom is -0.292 e. The Morgan fingerprint density at radius 2 is 1.34 bits per heavy atom. The molecule has 0 fully saturated rings. The number of imide groups is 1. The fourth-order valence-corrected chi connectivity index (χ4v) is 3.88. The number of carbonyl (C=O) groups is 4. The van der Waals surface area contributed by atoms with Crippen LogP contribution < -0.4 is 0 Å². The highest BCUT2D eigenvalue weighted by atomic mass is 35.5. The molecule has 160 valence electrons. The summed E-state index contributed by atoms with van der Waals surface area (Å²) in [4.78, 5) is 53.0. The average molecular weight is 467 g/mol. The monoisotopic (exact) mass is 466 g/mol. The zero-order valence-corrected chi connectivity index (χ0v) is 18.3. The van der Waals surface area contributed by atoms with E-state index in [9.17, 15) is 19.2 Å². The molecule has 0 unspecified atom stereocenters. The number of hydrogen-bond acceptors (Lipinski definition) is 4. The largest absolute Gasteiger partial charge is 0.292 e. The Hall–Kier alpha value is -3.48. The van der Waals surface area contributed by atoms with Crippen LogP contribution in [0, 0.1) is 0 Å². The van der Waals surface area contributed by atoms with Gasteiger partial charge in [0.15, 0.2) is 5.78 Å². The van der Waals surface area contributed by atoms with Gasteiger partial charge in [-0.2, -0.15) is 5.01 Å². The van der Waals surface area contributed by atoms with E-state index in [1.165, 1.54) is 43.3 Å². The molecule has 0 aromatic heterocycles. The lowest BCUT2D eigenvalue weighted by atomic mass is 10.0. The second kappa shape index (κ2) is 8.57. The predicted octanol–water partition coefficient (Wildman–Crippen LogP) is 4.92. The van der Waals surface area contributed by atoms with E-state index in [0.717, 1.165) is 10.0 Å². The molecule has 8 heteroatoms. The molecule has 1 aliphatic rings. The Morgan fingerprint density at radius 3 is 1.91 bits per heavy atom. The molecule has 3 amide bonds. The first-order valence-electron chi connectivity index (χ1n) is 9.67. The summed E-state index contributed by atoms with van der Waals surface area (Å²) >= 11 is 12.1. The summed E-state index contributed by atoms with van der Waals surface area (Å²) in [5.41, 5.74) is 0.637. The maximum Gasteiger partial charge on any atom is 0.280 e. The quantitative estimate of drug-likeness (QED) is 0.395. The second-order valence-electron chi connectivity index (χ2n) is 7.14. The van der Waals surface area contributed by atoms with Crippen molar-refractivity contribution in [2.24, 2.45) is 0 Å². The predicted molar refractivity (Wildman–Crippen MR) is 120 cm³/mol. The molecule has 0 saturated carbocycles. The zero-order chi connectivity index (χ0) is 23.0. The minimum absolute atomic E-state index is 0.0569. The van der Waals surface area contributed by atoms with Gasteiger partial charge in [-0.05, 0) is 55.5 Å². The van der Waals surface area contributed by atoms with Crippen molar-refractivity contribution in [3.8, 4) is 0 Å². The molecule has 1 atom stereocenters. The third-order valence-corrected chi connectivity index (χ3v) is 5.76. The van der Waals surface area contributed by atoms with E-state index in [2.05, 4.69) is 0 Å². The van der Waals surface area contributed by atoms with Crippen LogP contribution in [0.5, 0.6) is 0 Å². The molecule has 4 rings (SSSR count). The number of halogens is 2. The lowest BCUT2D eigenvalue weighted by Gasteiger charge is -2.34. The van der Waals surface area contributed by atoms with Crippen molar-refractivity contribution in [2.75, 3.05) is 0 Å². The molecular weight excluding hydrogens is 451 g/mol. The molecule has 1 heterocycles. The van der Waals surface area contributed by atoms with Gasteiger partial charge in [0.25, 0.3) is 17.7 Å². The Balaban J connectivity index is 1.81. The van der Waals surface area contributed by atoms with Gasteiger partial charge in [-0.1, -0.05) is 47.5 Å². The van der Waals surface area contributed by atoms with E-state index >= 15 is 0 Å². The summed E-state index contributed by atoms with van der Waals surface area (Å²) in [5, 5.41) is 2.17. The SMILES string of the molecule is C[C@H](C(=O)c1ccc(Cl)cc1)N(C(=O)c1ccccc1Cl)N1C(=O)c2ccccc2C1=O. The van der Waals surface area contributed by atoms with Gasteiger partial charge in [0, 0.05) is 10.6 Å². The number of benzene rings is 3. The normalized spacial score (nSPS) is 13.7. The highest BCUT2D eigenvalue weighted by Gasteiger charge is 2.45. The minimum atomic E-state index is -1.19. The Kier molecular flexibility index (Phi) is 5.82. The average Bonchev–Trinajstić information content (AvgIpc) is 3.05. The van der Waals surface area contributed by atoms with Crippen LogP contribution in [0.25, 0.3) is 0 Å². The number of nitrogens with zero attached hydrogens (tertiary/aromatic N) is 2. The van der Waals surface area contributed by atoms with E-state index in [1.807, 2.05) is 0 Å². The van der Waals surface area contributed by atoms with Crippen molar-refractivity contribution in [1.29, 1.82) is 0 Å². The number of ketones is 1. The van der Waals surface area contributed by atoms with Crippen LogP contribution in [0.2, 0.25) is 10.0 Å². The van der Waals surface area contributed by atoms with Crippen LogP contribution in [0.3, 0.4) is 0 Å². The first-order chi connectivity index (χ1) is 15.3. The molecule has 0 radical (unpaired) electrons. The van der Waals surface area contributed by atoms with Crippen molar-refractivity contribution in [2.45, 2.75) is 13.0 Å². The molecule has 0 spiro atoms. The van der Waals surface area contributed by atoms with Gasteiger partial charge >= 0.3 is 0 Å². The molecule has 32 heavy (non-hydrogen) atoms. The van der Waals surface area contributed by atoms with Gasteiger partial charge in [-0.3, -0.25) is 19.2 Å². The summed E-state index contributed by atoms with van der Waals surface area (Å²) in [6.45, 7) is 1.45. The zero-order valence-electron chi connectivity index (χ0n) is 16.8. The van der Waals surface area contributed by atoms with Crippen molar-refractivity contribution >= 4 is 46.7 Å². The van der Waals surface area contributed by atoms with Crippen molar-refractivity contribution in [3.63, 3.8) is 0 Å². The number of hydrazine groups is 1. The number of hydrogen-bond donors (Lipinski definition) is 0. The maximum atomic E-state index is 13.5. The summed E-state index contributed by atoms with van der Waals surface area (Å²) < 4.78 is 0. The van der Waals surface area contributed by atoms with Crippen LogP contribution in [-0.2, 0) is 0 Å². The number of fused-ring (bicyclic) bond motifs is 1. The molecule has 6 nitrogen and oxygen atoms in total. The summed E-state index contributed by atoms with van der Waals surface area (Å²) in [6, 6.07) is 17.4. The molecule has 0 N–H and O–H groups in total. The Labute approximate surface area is 193 Å². The molecule has 0 saturated heterocycles. The lowest BCUT2D eigenvalue weighted by Crippen LogP contribution is -2.56. The molecule has 3 aromatic rings. The third-order valence-electron chi connectivity index (χ3n) is 5.18. The molecular formula is C24H16Cl2N2O4. The first kappa shape index (κ1) is 21.7. The van der Waals surface area contributed by atoms with E-state index in [0.29, 0.717) is 5.02 Å². The van der Waals surface area contributed by atoms with Crippen molar-refractivity contribution < 1.29 is 19.2 Å². The number of amides is 3. The maximum absolute atomic E-state index is 13.5. The van der Waals surface area contributed by atoms with E-state index < -0.39 is 29.5 Å². The Bertz CT molecular complexity index is 1220. The van der Waals surface area contributed by atoms with Crippen LogP contribution in [0.1, 0.15) is 48.4 Å². The molecule has 0 aliphatic carbocycles. The summed E-state index contributed by atoms with van der Waals surface area (Å²) in [6.07, 6.45) is 0. The number of carbonyl (C=O) groups excluding carboxylic acids is 4. The molecule has 1 aliphatic heterocycles. The number of rotatable bonds is 5. The van der Waals surface area contributed by atoms with Gasteiger partial charge in [-0.15, -0.1) is 0 Å². The fraction of sp³-hybridized carbons (Fsp3) is 0.0833. The van der Waals surface area contributed by atoms with E-state index in [4.69, 9.17) is 23.2 Å². The summed E-state index contributed by atoms with van der Waals surface area (Å²) in [7, 11) is 0. The fourth-order valence-electron chi connectivity index (χ4n) is 3.54. The highest BCUT2D eigenvalue weighted by molar-refractivity contribution is 6.34. The van der Waals surface area contributed by atoms with Crippen LogP contribution in [0.15, 0.2) is 72.8 Å². The van der Waals surface area contributed by atoms with Crippen molar-refractivity contribution in [3.05, 3.63) is 105 Å². The van der Waals surface area contributed by atoms with Gasteiger partial charge in [0.05, 0.1) is 21.7 Å². The second-order valence-corrected chi connectivity index (χ2v) is 7.99. The topological polar surface area (TPSA) is 74.8 Å². The molecule has 3 aromatic carbocycles. The first-order valence-corrected chi connectivity index (χ1v) is 10.4. The van der Waals surface area contributed by atoms with Crippen LogP contribution in [-0.4, -0.2) is 39.6 Å². The molecule has 0 bridgehead atoms. The van der Waals surface area contributed by atoms with Crippen LogP contribution >= 0.6 is 23.2 Å². The standard InChI is InChI=1S/C24H16Cl2N2O4/c1-14(21(29)15-10-12-16(25)13-11-15)27(24(32)19-8-4-5-9-20(19)26)28-22(30)17-6-2-3-7-18(17)23(28)31/h2-14H,1H3/t14-/m1/s1. The highest BCUT2D eigenvalue weighted by Crippen LogP contribution is 2.29. The lowest BCUT2D eigenvalue weighted by molar-refractivity contribution is -0.00680. The third kappa shape index (κ3) is 3.68. The van der Waals surface area contributed by atoms with Gasteiger partial charge in [0.1, 0.15) is 6.04 Å². The van der Waals surface area contributed by atoms with Crippen molar-refractivity contribution in [1.82, 2.24) is 10.0 Å². The summed E-state index contributed by atoms with van der Waals surface area (Å²) in [5.74, 6) is -2.61. The van der Waals surface area contributed by atoms with E-state index in [-0.39, 0.29) is 27.3 Å². The number of Topliss-reactive ketones (excluding diaryl/α,β-unsaturated/α-hetero) is 1. The van der Waals surface area contributed by atoms with Gasteiger partial charge in [0.2, 0.25) is 0 Å². The van der Waals surface area contributed by atoms with Gasteiger partial charge in [-0.25, -0.2) is 5.01 Å². The van der Waals surface area contributed by atoms with Crippen LogP contribution in [0.4, 0.5) is 0 Å². The van der Waals surface area contributed by atoms with E-state index in [1.54, 1.807) is 36.4 Å². The smallest absolute Gasteiger partial charge is 0.280 e.